The van der Waals surface area contributed by atoms with E-state index in [9.17, 15) is 4.39 Å². The Bertz CT molecular complexity index is 436. The van der Waals surface area contributed by atoms with Crippen LogP contribution in [0.3, 0.4) is 0 Å². The van der Waals surface area contributed by atoms with Gasteiger partial charge in [0.2, 0.25) is 0 Å². The van der Waals surface area contributed by atoms with E-state index in [0.29, 0.717) is 6.04 Å². The molecule has 3 rings (SSSR count). The van der Waals surface area contributed by atoms with Crippen molar-refractivity contribution in [2.24, 2.45) is 5.92 Å². The molecule has 0 unspecified atom stereocenters. The monoisotopic (exact) mass is 262 g/mol. The number of nitrogens with one attached hydrogen (secondary N) is 1. The normalized spacial score (nSPS) is 22.4. The third-order valence-electron chi connectivity index (χ3n) is 4.43. The first-order valence-corrected chi connectivity index (χ1v) is 7.45. The maximum Gasteiger partial charge on any atom is 0.126 e. The molecule has 19 heavy (non-hydrogen) atoms. The van der Waals surface area contributed by atoms with E-state index < -0.39 is 0 Å². The lowest BCUT2D eigenvalue weighted by Gasteiger charge is -2.35. The fourth-order valence-electron chi connectivity index (χ4n) is 2.98. The highest BCUT2D eigenvalue weighted by molar-refractivity contribution is 5.26. The third-order valence-corrected chi connectivity index (χ3v) is 4.43. The molecule has 1 atom stereocenters. The molecule has 1 aromatic rings. The molecule has 2 aliphatic rings. The zero-order chi connectivity index (χ0) is 13.2. The topological polar surface area (TPSA) is 15.3 Å². The van der Waals surface area contributed by atoms with Gasteiger partial charge in [0.15, 0.2) is 0 Å². The third kappa shape index (κ3) is 3.15. The molecule has 1 N–H and O–H groups in total. The number of hydrogen-bond acceptors (Lipinski definition) is 2. The molecule has 2 fully saturated rings. The van der Waals surface area contributed by atoms with Gasteiger partial charge in [0, 0.05) is 32.2 Å². The van der Waals surface area contributed by atoms with Crippen molar-refractivity contribution in [3.63, 3.8) is 0 Å². The van der Waals surface area contributed by atoms with Crippen LogP contribution < -0.4 is 5.32 Å². The predicted octanol–water partition coefficient (Wildman–Crippen LogP) is 2.88. The van der Waals surface area contributed by atoms with Crippen LogP contribution in [0.1, 0.15) is 36.4 Å². The number of benzene rings is 1. The number of hydrogen-bond donors (Lipinski definition) is 1. The van der Waals surface area contributed by atoms with Crippen LogP contribution in [-0.4, -0.2) is 31.1 Å². The Balaban J connectivity index is 1.81. The molecule has 0 aromatic heterocycles. The second-order valence-electron chi connectivity index (χ2n) is 5.99. The van der Waals surface area contributed by atoms with Gasteiger partial charge in [-0.3, -0.25) is 4.90 Å². The first-order valence-electron chi connectivity index (χ1n) is 7.45. The average Bonchev–Trinajstić information content (AvgIpc) is 3.24. The summed E-state index contributed by atoms with van der Waals surface area (Å²) in [4.78, 5) is 2.53. The molecule has 3 heteroatoms. The summed E-state index contributed by atoms with van der Waals surface area (Å²) in [6.45, 7) is 6.09. The molecule has 0 bridgehead atoms. The zero-order valence-corrected chi connectivity index (χ0v) is 11.7. The largest absolute Gasteiger partial charge is 0.314 e. The highest BCUT2D eigenvalue weighted by Gasteiger charge is 2.30. The molecule has 1 saturated heterocycles. The molecule has 104 valence electrons. The molecule has 0 amide bonds. The van der Waals surface area contributed by atoms with Gasteiger partial charge in [0.05, 0.1) is 0 Å². The van der Waals surface area contributed by atoms with Gasteiger partial charge >= 0.3 is 0 Å². The first kappa shape index (κ1) is 13.1. The smallest absolute Gasteiger partial charge is 0.126 e. The lowest BCUT2D eigenvalue weighted by Crippen LogP contribution is -2.45. The van der Waals surface area contributed by atoms with E-state index in [0.717, 1.165) is 43.2 Å². The Morgan fingerprint density at radius 2 is 2.05 bits per heavy atom. The average molecular weight is 262 g/mol. The number of halogens is 1. The van der Waals surface area contributed by atoms with Crippen LogP contribution in [0.4, 0.5) is 4.39 Å². The van der Waals surface area contributed by atoms with E-state index in [-0.39, 0.29) is 5.82 Å². The summed E-state index contributed by atoms with van der Waals surface area (Å²) in [6.07, 6.45) is 3.91. The molecule has 0 spiro atoms. The Morgan fingerprint density at radius 3 is 2.68 bits per heavy atom. The quantitative estimate of drug-likeness (QED) is 0.897. The summed E-state index contributed by atoms with van der Waals surface area (Å²) in [5.74, 6) is 0.803. The van der Waals surface area contributed by atoms with Crippen molar-refractivity contribution in [3.05, 3.63) is 35.1 Å². The molecule has 1 aliphatic heterocycles. The summed E-state index contributed by atoms with van der Waals surface area (Å²) in [5.41, 5.74) is 1.91. The van der Waals surface area contributed by atoms with Crippen molar-refractivity contribution in [1.82, 2.24) is 10.2 Å². The van der Waals surface area contributed by atoms with Crippen molar-refractivity contribution < 1.29 is 4.39 Å². The maximum absolute atomic E-state index is 13.8. The molecular weight excluding hydrogens is 239 g/mol. The van der Waals surface area contributed by atoms with Gasteiger partial charge in [-0.1, -0.05) is 25.0 Å². The van der Waals surface area contributed by atoms with E-state index in [1.54, 1.807) is 6.07 Å². The van der Waals surface area contributed by atoms with Gasteiger partial charge in [0.25, 0.3) is 0 Å². The molecule has 1 aromatic carbocycles. The number of rotatable bonds is 4. The highest BCUT2D eigenvalue weighted by Crippen LogP contribution is 2.40. The van der Waals surface area contributed by atoms with Gasteiger partial charge in [-0.2, -0.15) is 0 Å². The lowest BCUT2D eigenvalue weighted by atomic mass is 9.97. The molecule has 1 heterocycles. The molecule has 1 saturated carbocycles. The van der Waals surface area contributed by atoms with Gasteiger partial charge < -0.3 is 5.32 Å². The van der Waals surface area contributed by atoms with Crippen LogP contribution in [0.2, 0.25) is 0 Å². The molecule has 1 aliphatic carbocycles. The maximum atomic E-state index is 13.8. The van der Waals surface area contributed by atoms with Crippen molar-refractivity contribution in [3.8, 4) is 0 Å². The Kier molecular flexibility index (Phi) is 3.85. The second-order valence-corrected chi connectivity index (χ2v) is 5.99. The van der Waals surface area contributed by atoms with Crippen molar-refractivity contribution >= 4 is 0 Å². The van der Waals surface area contributed by atoms with E-state index >= 15 is 0 Å². The van der Waals surface area contributed by atoms with Gasteiger partial charge in [-0.25, -0.2) is 4.39 Å². The van der Waals surface area contributed by atoms with Crippen LogP contribution >= 0.6 is 0 Å². The first-order chi connectivity index (χ1) is 9.24. The molecule has 2 nitrogen and oxygen atoms in total. The van der Waals surface area contributed by atoms with Crippen LogP contribution in [0.25, 0.3) is 0 Å². The number of piperazine rings is 1. The van der Waals surface area contributed by atoms with Gasteiger partial charge in [0.1, 0.15) is 5.82 Å². The van der Waals surface area contributed by atoms with Crippen molar-refractivity contribution in [2.45, 2.75) is 32.2 Å². The zero-order valence-electron chi connectivity index (χ0n) is 11.7. The Morgan fingerprint density at radius 1 is 1.32 bits per heavy atom. The molecular formula is C16H23FN2. The minimum atomic E-state index is -0.0616. The van der Waals surface area contributed by atoms with E-state index in [4.69, 9.17) is 0 Å². The summed E-state index contributed by atoms with van der Waals surface area (Å²) in [6, 6.07) is 6.20. The minimum Gasteiger partial charge on any atom is -0.314 e. The summed E-state index contributed by atoms with van der Waals surface area (Å²) in [7, 11) is 0. The summed E-state index contributed by atoms with van der Waals surface area (Å²) >= 11 is 0. The minimum absolute atomic E-state index is 0.0616. The summed E-state index contributed by atoms with van der Waals surface area (Å²) in [5, 5.41) is 3.39. The van der Waals surface area contributed by atoms with E-state index in [1.807, 2.05) is 13.0 Å². The van der Waals surface area contributed by atoms with Gasteiger partial charge in [-0.05, 0) is 36.5 Å². The standard InChI is InChI=1S/C16H23FN2/c1-12-2-5-14(11-15(12)17)16(10-13-3-4-13)19-8-6-18-7-9-19/h2,5,11,13,16,18H,3-4,6-10H2,1H3/t16-/m0/s1. The van der Waals surface area contributed by atoms with Crippen molar-refractivity contribution in [1.29, 1.82) is 0 Å². The number of aryl methyl sites for hydroxylation is 1. The fourth-order valence-corrected chi connectivity index (χ4v) is 2.98. The SMILES string of the molecule is Cc1ccc([C@H](CC2CC2)N2CCNCC2)cc1F. The van der Waals surface area contributed by atoms with E-state index in [1.165, 1.54) is 19.3 Å². The lowest BCUT2D eigenvalue weighted by molar-refractivity contribution is 0.160. The van der Waals surface area contributed by atoms with E-state index in [2.05, 4.69) is 16.3 Å². The van der Waals surface area contributed by atoms with Crippen LogP contribution in [0, 0.1) is 18.7 Å². The fraction of sp³-hybridized carbons (Fsp3) is 0.625. The number of nitrogens with zero attached hydrogens (tertiary/aromatic N) is 1. The second kappa shape index (κ2) is 5.59. The Hall–Kier alpha value is -0.930. The van der Waals surface area contributed by atoms with Crippen LogP contribution in [0.5, 0.6) is 0 Å². The van der Waals surface area contributed by atoms with Crippen molar-refractivity contribution in [2.75, 3.05) is 26.2 Å². The van der Waals surface area contributed by atoms with Crippen LogP contribution in [0.15, 0.2) is 18.2 Å². The van der Waals surface area contributed by atoms with Gasteiger partial charge in [-0.15, -0.1) is 0 Å². The summed E-state index contributed by atoms with van der Waals surface area (Å²) < 4.78 is 13.8. The highest BCUT2D eigenvalue weighted by atomic mass is 19.1. The Labute approximate surface area is 115 Å². The van der Waals surface area contributed by atoms with Crippen LogP contribution in [-0.2, 0) is 0 Å². The molecule has 0 radical (unpaired) electrons. The predicted molar refractivity (Wildman–Crippen MR) is 75.7 cm³/mol.